The highest BCUT2D eigenvalue weighted by Crippen LogP contribution is 2.33. The van der Waals surface area contributed by atoms with Crippen molar-refractivity contribution >= 4 is 28.3 Å². The van der Waals surface area contributed by atoms with Crippen LogP contribution in [-0.4, -0.2) is 33.0 Å². The number of rotatable bonds is 5. The lowest BCUT2D eigenvalue weighted by Gasteiger charge is -2.29. The standard InChI is InChI=1S/C20H21F3N6O/c1-10-7-13(20(21,22)23)5-6-14(10)11(2)29(4)12(3)19(30)27-16-9-25-18(24)15-8-26-28-17(15)16/h5-9,11H,3H2,1-2,4H3,(H2,24,25)(H,26,28)(H,27,30)/t11-/m1/s1. The number of nitrogens with zero attached hydrogens (tertiary/aromatic N) is 3. The number of nitrogen functional groups attached to an aromatic ring is 1. The number of benzene rings is 1. The molecule has 4 N–H and O–H groups in total. The van der Waals surface area contributed by atoms with Gasteiger partial charge in [0, 0.05) is 7.05 Å². The van der Waals surface area contributed by atoms with Crippen molar-refractivity contribution < 1.29 is 18.0 Å². The van der Waals surface area contributed by atoms with E-state index in [1.54, 1.807) is 25.8 Å². The third-order valence-corrected chi connectivity index (χ3v) is 5.08. The number of aromatic nitrogens is 3. The number of carbonyl (C=O) groups excluding carboxylic acids is 1. The maximum Gasteiger partial charge on any atom is 0.416 e. The third kappa shape index (κ3) is 3.93. The van der Waals surface area contributed by atoms with E-state index in [0.29, 0.717) is 27.7 Å². The van der Waals surface area contributed by atoms with Crippen LogP contribution in [0.15, 0.2) is 42.9 Å². The fourth-order valence-corrected chi connectivity index (χ4v) is 3.17. The Morgan fingerprint density at radius 3 is 2.67 bits per heavy atom. The minimum absolute atomic E-state index is 0.131. The number of aromatic amines is 1. The fourth-order valence-electron chi connectivity index (χ4n) is 3.17. The molecule has 0 saturated carbocycles. The summed E-state index contributed by atoms with van der Waals surface area (Å²) in [6, 6.07) is 3.16. The maximum atomic E-state index is 12.9. The van der Waals surface area contributed by atoms with Crippen LogP contribution in [0.4, 0.5) is 24.7 Å². The number of nitrogens with two attached hydrogens (primary N) is 1. The Balaban J connectivity index is 1.78. The van der Waals surface area contributed by atoms with E-state index in [4.69, 9.17) is 5.73 Å². The van der Waals surface area contributed by atoms with Crippen LogP contribution in [0.1, 0.15) is 29.7 Å². The summed E-state index contributed by atoms with van der Waals surface area (Å²) in [5.74, 6) is -0.213. The molecule has 30 heavy (non-hydrogen) atoms. The Morgan fingerprint density at radius 1 is 1.33 bits per heavy atom. The molecule has 0 radical (unpaired) electrons. The van der Waals surface area contributed by atoms with E-state index < -0.39 is 17.6 Å². The van der Waals surface area contributed by atoms with E-state index in [2.05, 4.69) is 27.1 Å². The molecule has 0 aliphatic carbocycles. The van der Waals surface area contributed by atoms with Crippen molar-refractivity contribution in [2.75, 3.05) is 18.1 Å². The lowest BCUT2D eigenvalue weighted by molar-refractivity contribution is -0.137. The van der Waals surface area contributed by atoms with Gasteiger partial charge >= 0.3 is 6.18 Å². The largest absolute Gasteiger partial charge is 0.416 e. The van der Waals surface area contributed by atoms with Crippen molar-refractivity contribution in [2.24, 2.45) is 0 Å². The van der Waals surface area contributed by atoms with Gasteiger partial charge in [0.05, 0.1) is 46.3 Å². The lowest BCUT2D eigenvalue weighted by atomic mass is 9.98. The van der Waals surface area contributed by atoms with Gasteiger partial charge in [0.1, 0.15) is 5.82 Å². The molecule has 158 valence electrons. The number of hydrogen-bond acceptors (Lipinski definition) is 5. The summed E-state index contributed by atoms with van der Waals surface area (Å²) in [7, 11) is 1.65. The molecule has 0 aliphatic heterocycles. The summed E-state index contributed by atoms with van der Waals surface area (Å²) in [5, 5.41) is 9.94. The van der Waals surface area contributed by atoms with Gasteiger partial charge in [0.15, 0.2) is 0 Å². The molecule has 7 nitrogen and oxygen atoms in total. The first-order valence-corrected chi connectivity index (χ1v) is 8.99. The summed E-state index contributed by atoms with van der Waals surface area (Å²) in [6.45, 7) is 7.22. The minimum Gasteiger partial charge on any atom is -0.383 e. The molecule has 0 unspecified atom stereocenters. The van der Waals surface area contributed by atoms with Crippen LogP contribution in [0.2, 0.25) is 0 Å². The zero-order valence-corrected chi connectivity index (χ0v) is 16.6. The van der Waals surface area contributed by atoms with Crippen molar-refractivity contribution in [3.8, 4) is 0 Å². The van der Waals surface area contributed by atoms with Crippen LogP contribution in [0, 0.1) is 6.92 Å². The second-order valence-electron chi connectivity index (χ2n) is 6.97. The third-order valence-electron chi connectivity index (χ3n) is 5.08. The number of carbonyl (C=O) groups is 1. The van der Waals surface area contributed by atoms with Gasteiger partial charge in [-0.25, -0.2) is 4.98 Å². The highest BCUT2D eigenvalue weighted by atomic mass is 19.4. The lowest BCUT2D eigenvalue weighted by Crippen LogP contribution is -2.30. The normalized spacial score (nSPS) is 12.6. The number of likely N-dealkylation sites (N-methyl/N-ethyl adjacent to an activating group) is 1. The first-order valence-electron chi connectivity index (χ1n) is 8.99. The molecule has 0 bridgehead atoms. The van der Waals surface area contributed by atoms with Crippen molar-refractivity contribution in [3.63, 3.8) is 0 Å². The Labute approximate surface area is 170 Å². The quantitative estimate of drug-likeness (QED) is 0.544. The molecule has 3 rings (SSSR count). The van der Waals surface area contributed by atoms with Crippen LogP contribution in [-0.2, 0) is 11.0 Å². The Hall–Kier alpha value is -3.56. The molecular weight excluding hydrogens is 397 g/mol. The van der Waals surface area contributed by atoms with Gasteiger partial charge in [-0.3, -0.25) is 9.89 Å². The van der Waals surface area contributed by atoms with Gasteiger partial charge in [-0.15, -0.1) is 0 Å². The number of H-pyrrole nitrogens is 1. The maximum absolute atomic E-state index is 12.9. The highest BCUT2D eigenvalue weighted by Gasteiger charge is 2.31. The molecule has 0 fully saturated rings. The molecule has 1 aromatic carbocycles. The second kappa shape index (κ2) is 7.69. The zero-order valence-electron chi connectivity index (χ0n) is 16.6. The predicted molar refractivity (Wildman–Crippen MR) is 108 cm³/mol. The van der Waals surface area contributed by atoms with Crippen LogP contribution < -0.4 is 11.1 Å². The number of fused-ring (bicyclic) bond motifs is 1. The number of anilines is 2. The van der Waals surface area contributed by atoms with Gasteiger partial charge in [-0.1, -0.05) is 12.6 Å². The number of amides is 1. The molecule has 0 spiro atoms. The monoisotopic (exact) mass is 418 g/mol. The van der Waals surface area contributed by atoms with Gasteiger partial charge in [0.25, 0.3) is 5.91 Å². The SMILES string of the molecule is C=C(C(=O)Nc1cnc(N)c2cn[nH]c12)N(C)[C@H](C)c1ccc(C(F)(F)F)cc1C. The summed E-state index contributed by atoms with van der Waals surface area (Å²) < 4.78 is 38.7. The Kier molecular flexibility index (Phi) is 5.43. The number of alkyl halides is 3. The number of nitrogens with one attached hydrogen (secondary N) is 2. The van der Waals surface area contributed by atoms with Crippen LogP contribution in [0.5, 0.6) is 0 Å². The predicted octanol–water partition coefficient (Wildman–Crippen LogP) is 4.01. The number of aryl methyl sites for hydroxylation is 1. The molecule has 2 heterocycles. The van der Waals surface area contributed by atoms with Crippen LogP contribution in [0.3, 0.4) is 0 Å². The van der Waals surface area contributed by atoms with Gasteiger partial charge in [-0.05, 0) is 37.1 Å². The van der Waals surface area contributed by atoms with Crippen molar-refractivity contribution in [1.82, 2.24) is 20.1 Å². The molecule has 0 aliphatic rings. The van der Waals surface area contributed by atoms with Gasteiger partial charge < -0.3 is 16.0 Å². The Morgan fingerprint density at radius 2 is 2.03 bits per heavy atom. The van der Waals surface area contributed by atoms with Crippen molar-refractivity contribution in [3.05, 3.63) is 59.6 Å². The van der Waals surface area contributed by atoms with Gasteiger partial charge in [-0.2, -0.15) is 18.3 Å². The molecular formula is C20H21F3N6O. The van der Waals surface area contributed by atoms with Crippen molar-refractivity contribution in [2.45, 2.75) is 26.1 Å². The number of pyridine rings is 1. The van der Waals surface area contributed by atoms with E-state index in [1.165, 1.54) is 18.5 Å². The van der Waals surface area contributed by atoms with Crippen LogP contribution in [0.25, 0.3) is 10.9 Å². The molecule has 3 aromatic rings. The molecule has 0 saturated heterocycles. The molecule has 1 atom stereocenters. The average molecular weight is 418 g/mol. The van der Waals surface area contributed by atoms with E-state index in [9.17, 15) is 18.0 Å². The number of hydrogen-bond donors (Lipinski definition) is 3. The summed E-state index contributed by atoms with van der Waals surface area (Å²) >= 11 is 0. The zero-order chi connectivity index (χ0) is 22.2. The van der Waals surface area contributed by atoms with E-state index in [1.807, 2.05) is 0 Å². The number of halogens is 3. The van der Waals surface area contributed by atoms with Crippen LogP contribution >= 0.6 is 0 Å². The first kappa shape index (κ1) is 21.2. The topological polar surface area (TPSA) is 99.9 Å². The summed E-state index contributed by atoms with van der Waals surface area (Å²) in [6.07, 6.45) is -1.50. The smallest absolute Gasteiger partial charge is 0.383 e. The van der Waals surface area contributed by atoms with E-state index >= 15 is 0 Å². The summed E-state index contributed by atoms with van der Waals surface area (Å²) in [5.41, 5.74) is 7.24. The molecule has 10 heteroatoms. The highest BCUT2D eigenvalue weighted by molar-refractivity contribution is 6.08. The van der Waals surface area contributed by atoms with E-state index in [-0.39, 0.29) is 17.6 Å². The fraction of sp³-hybridized carbons (Fsp3) is 0.250. The minimum atomic E-state index is -4.41. The average Bonchev–Trinajstić information content (AvgIpc) is 3.18. The summed E-state index contributed by atoms with van der Waals surface area (Å²) in [4.78, 5) is 18.3. The second-order valence-corrected chi connectivity index (χ2v) is 6.97. The van der Waals surface area contributed by atoms with E-state index in [0.717, 1.165) is 12.1 Å². The van der Waals surface area contributed by atoms with Gasteiger partial charge in [0.2, 0.25) is 0 Å². The molecule has 1 amide bonds. The van der Waals surface area contributed by atoms with Crippen molar-refractivity contribution in [1.29, 1.82) is 0 Å². The molecule has 2 aromatic heterocycles. The first-order chi connectivity index (χ1) is 14.0. The Bertz CT molecular complexity index is 1120.